The molecule has 4 nitrogen and oxygen atoms in total. The van der Waals surface area contributed by atoms with Crippen molar-refractivity contribution >= 4 is 11.9 Å². The molecule has 0 saturated heterocycles. The quantitative estimate of drug-likeness (QED) is 0.708. The van der Waals surface area contributed by atoms with Crippen molar-refractivity contribution in [3.05, 3.63) is 71.8 Å². The Hall–Kier alpha value is -2.62. The van der Waals surface area contributed by atoms with E-state index in [9.17, 15) is 9.59 Å². The molecule has 2 aromatic carbocycles. The molecule has 2 rings (SSSR count). The largest absolute Gasteiger partial charge is 0.461 e. The van der Waals surface area contributed by atoms with Gasteiger partial charge in [0.15, 0.2) is 0 Å². The van der Waals surface area contributed by atoms with Crippen molar-refractivity contribution in [3.63, 3.8) is 0 Å². The Kier molecular flexibility index (Phi) is 7.59. The monoisotopic (exact) mass is 367 g/mol. The summed E-state index contributed by atoms with van der Waals surface area (Å²) in [7, 11) is 0. The first-order valence-electron chi connectivity index (χ1n) is 9.45. The van der Waals surface area contributed by atoms with Crippen LogP contribution >= 0.6 is 0 Å². The fourth-order valence-electron chi connectivity index (χ4n) is 3.33. The molecule has 0 fully saturated rings. The lowest BCUT2D eigenvalue weighted by molar-refractivity contribution is -0.152. The number of nitrogens with one attached hydrogen (secondary N) is 1. The molecule has 0 aliphatic carbocycles. The lowest BCUT2D eigenvalue weighted by Crippen LogP contribution is -2.36. The van der Waals surface area contributed by atoms with Crippen molar-refractivity contribution in [3.8, 4) is 0 Å². The number of ether oxygens (including phenoxy) is 1. The number of carbonyl (C=O) groups is 2. The topological polar surface area (TPSA) is 55.4 Å². The molecule has 0 bridgehead atoms. The number of amides is 1. The molecular weight excluding hydrogens is 338 g/mol. The normalized spacial score (nSPS) is 13.3. The summed E-state index contributed by atoms with van der Waals surface area (Å²) in [5.74, 6) is -0.364. The van der Waals surface area contributed by atoms with E-state index in [1.807, 2.05) is 36.4 Å². The standard InChI is InChI=1S/C23H29NO3/c1-16(2)23(27-21(26)15-17(3)24-18(4)25)22(19-11-7-5-8-12-19)20-13-9-6-10-14-20/h5-14,16-17,22-23H,15H2,1-4H3,(H,24,25)/t17-,23-/m1/s1. The van der Waals surface area contributed by atoms with Gasteiger partial charge in [-0.05, 0) is 24.0 Å². The summed E-state index contributed by atoms with van der Waals surface area (Å²) in [6.45, 7) is 7.38. The van der Waals surface area contributed by atoms with E-state index in [2.05, 4.69) is 43.4 Å². The maximum absolute atomic E-state index is 12.5. The Morgan fingerprint density at radius 2 is 1.37 bits per heavy atom. The Morgan fingerprint density at radius 3 is 1.78 bits per heavy atom. The zero-order valence-corrected chi connectivity index (χ0v) is 16.5. The average molecular weight is 367 g/mol. The molecule has 4 heteroatoms. The number of carbonyl (C=O) groups excluding carboxylic acids is 2. The van der Waals surface area contributed by atoms with Crippen LogP contribution in [0, 0.1) is 5.92 Å². The summed E-state index contributed by atoms with van der Waals surface area (Å²) in [5.41, 5.74) is 2.23. The highest BCUT2D eigenvalue weighted by Gasteiger charge is 2.31. The maximum atomic E-state index is 12.5. The summed E-state index contributed by atoms with van der Waals surface area (Å²) in [4.78, 5) is 23.7. The van der Waals surface area contributed by atoms with Crippen LogP contribution < -0.4 is 5.32 Å². The molecule has 1 N–H and O–H groups in total. The van der Waals surface area contributed by atoms with Gasteiger partial charge in [0.1, 0.15) is 6.10 Å². The van der Waals surface area contributed by atoms with Crippen molar-refractivity contribution < 1.29 is 14.3 Å². The van der Waals surface area contributed by atoms with E-state index in [1.54, 1.807) is 6.92 Å². The second kappa shape index (κ2) is 9.91. The van der Waals surface area contributed by atoms with Gasteiger partial charge in [0, 0.05) is 18.9 Å². The number of rotatable bonds is 8. The lowest BCUT2D eigenvalue weighted by atomic mass is 9.82. The minimum atomic E-state index is -0.299. The molecule has 0 unspecified atom stereocenters. The van der Waals surface area contributed by atoms with Crippen LogP contribution in [-0.4, -0.2) is 24.0 Å². The van der Waals surface area contributed by atoms with Gasteiger partial charge >= 0.3 is 5.97 Å². The van der Waals surface area contributed by atoms with Crippen molar-refractivity contribution in [1.29, 1.82) is 0 Å². The molecule has 0 aliphatic rings. The second-order valence-electron chi connectivity index (χ2n) is 7.30. The third kappa shape index (κ3) is 6.24. The molecule has 144 valence electrons. The SMILES string of the molecule is CC(=O)N[C@H](C)CC(=O)O[C@H](C(C)C)C(c1ccccc1)c1ccccc1. The molecule has 1 amide bonds. The van der Waals surface area contributed by atoms with E-state index in [0.29, 0.717) is 0 Å². The van der Waals surface area contributed by atoms with Gasteiger partial charge in [-0.3, -0.25) is 9.59 Å². The Balaban J connectivity index is 2.27. The van der Waals surface area contributed by atoms with Crippen LogP contribution in [0.4, 0.5) is 0 Å². The summed E-state index contributed by atoms with van der Waals surface area (Å²) < 4.78 is 5.94. The van der Waals surface area contributed by atoms with E-state index >= 15 is 0 Å². The highest BCUT2D eigenvalue weighted by Crippen LogP contribution is 2.33. The van der Waals surface area contributed by atoms with Crippen molar-refractivity contribution in [2.45, 2.75) is 52.2 Å². The number of hydrogen-bond donors (Lipinski definition) is 1. The Labute approximate surface area is 161 Å². The zero-order valence-electron chi connectivity index (χ0n) is 16.5. The molecule has 0 aromatic heterocycles. The van der Waals surface area contributed by atoms with Crippen LogP contribution in [0.5, 0.6) is 0 Å². The Morgan fingerprint density at radius 1 is 0.889 bits per heavy atom. The average Bonchev–Trinajstić information content (AvgIpc) is 2.62. The van der Waals surface area contributed by atoms with E-state index in [1.165, 1.54) is 6.92 Å². The van der Waals surface area contributed by atoms with Gasteiger partial charge in [-0.25, -0.2) is 0 Å². The van der Waals surface area contributed by atoms with Crippen LogP contribution in [-0.2, 0) is 14.3 Å². The highest BCUT2D eigenvalue weighted by molar-refractivity contribution is 5.75. The van der Waals surface area contributed by atoms with Crippen LogP contribution in [0.25, 0.3) is 0 Å². The lowest BCUT2D eigenvalue weighted by Gasteiger charge is -2.31. The van der Waals surface area contributed by atoms with Crippen LogP contribution in [0.2, 0.25) is 0 Å². The van der Waals surface area contributed by atoms with Crippen molar-refractivity contribution in [2.24, 2.45) is 5.92 Å². The molecule has 0 heterocycles. The second-order valence-corrected chi connectivity index (χ2v) is 7.30. The molecule has 0 saturated carbocycles. The van der Waals surface area contributed by atoms with Crippen LogP contribution in [0.3, 0.4) is 0 Å². The molecule has 2 atom stereocenters. The van der Waals surface area contributed by atoms with Crippen LogP contribution in [0.1, 0.15) is 51.2 Å². The van der Waals surface area contributed by atoms with E-state index in [4.69, 9.17) is 4.74 Å². The molecule has 27 heavy (non-hydrogen) atoms. The van der Waals surface area contributed by atoms with Crippen molar-refractivity contribution in [2.75, 3.05) is 0 Å². The number of hydrogen-bond acceptors (Lipinski definition) is 3. The number of benzene rings is 2. The third-order valence-electron chi connectivity index (χ3n) is 4.49. The highest BCUT2D eigenvalue weighted by atomic mass is 16.5. The minimum absolute atomic E-state index is 0.0487. The van der Waals surface area contributed by atoms with E-state index in [-0.39, 0.29) is 42.3 Å². The first-order chi connectivity index (χ1) is 12.9. The zero-order chi connectivity index (χ0) is 19.8. The molecule has 0 radical (unpaired) electrons. The maximum Gasteiger partial charge on any atom is 0.308 e. The first-order valence-corrected chi connectivity index (χ1v) is 9.45. The molecule has 0 aliphatic heterocycles. The summed E-state index contributed by atoms with van der Waals surface area (Å²) in [6, 6.07) is 20.0. The van der Waals surface area contributed by atoms with Gasteiger partial charge in [0.25, 0.3) is 0 Å². The van der Waals surface area contributed by atoms with Gasteiger partial charge in [-0.2, -0.15) is 0 Å². The third-order valence-corrected chi connectivity index (χ3v) is 4.49. The summed E-state index contributed by atoms with van der Waals surface area (Å²) in [6.07, 6.45) is -0.147. The van der Waals surface area contributed by atoms with Gasteiger partial charge in [-0.1, -0.05) is 74.5 Å². The fourth-order valence-corrected chi connectivity index (χ4v) is 3.33. The van der Waals surface area contributed by atoms with Gasteiger partial charge in [0.05, 0.1) is 6.42 Å². The minimum Gasteiger partial charge on any atom is -0.461 e. The molecular formula is C23H29NO3. The first kappa shape index (κ1) is 20.7. The van der Waals surface area contributed by atoms with Crippen LogP contribution in [0.15, 0.2) is 60.7 Å². The fraction of sp³-hybridized carbons (Fsp3) is 0.391. The predicted octanol–water partition coefficient (Wildman–Crippen LogP) is 4.30. The number of esters is 1. The summed E-state index contributed by atoms with van der Waals surface area (Å²) >= 11 is 0. The van der Waals surface area contributed by atoms with Gasteiger partial charge in [0.2, 0.25) is 5.91 Å². The van der Waals surface area contributed by atoms with Gasteiger partial charge < -0.3 is 10.1 Å². The van der Waals surface area contributed by atoms with E-state index < -0.39 is 0 Å². The summed E-state index contributed by atoms with van der Waals surface area (Å²) in [5, 5.41) is 2.73. The van der Waals surface area contributed by atoms with Gasteiger partial charge in [-0.15, -0.1) is 0 Å². The molecule has 2 aromatic rings. The molecule has 0 spiro atoms. The van der Waals surface area contributed by atoms with Crippen molar-refractivity contribution in [1.82, 2.24) is 5.32 Å². The smallest absolute Gasteiger partial charge is 0.308 e. The van der Waals surface area contributed by atoms with E-state index in [0.717, 1.165) is 11.1 Å². The predicted molar refractivity (Wildman–Crippen MR) is 107 cm³/mol. The Bertz CT molecular complexity index is 688.